The predicted molar refractivity (Wildman–Crippen MR) is 100 cm³/mol. The molecule has 1 aliphatic heterocycles. The van der Waals surface area contributed by atoms with E-state index in [0.717, 1.165) is 22.1 Å². The Morgan fingerprint density at radius 3 is 2.48 bits per heavy atom. The Morgan fingerprint density at radius 1 is 0.960 bits per heavy atom. The van der Waals surface area contributed by atoms with Crippen molar-refractivity contribution in [2.75, 3.05) is 22.6 Å². The first-order valence-electron chi connectivity index (χ1n) is 8.10. The summed E-state index contributed by atoms with van der Waals surface area (Å²) in [7, 11) is 1.84. The molecule has 0 radical (unpaired) electrons. The van der Waals surface area contributed by atoms with E-state index in [1.807, 2.05) is 67.7 Å². The Hall–Kier alpha value is -3.34. The first-order chi connectivity index (χ1) is 12.2. The van der Waals surface area contributed by atoms with Gasteiger partial charge in [0, 0.05) is 23.8 Å². The number of carbonyl (C=O) groups is 2. The standard InChI is InChI=1S/C20H17N3O2/c1-21-14-7-9-15(10-8-14)23-17-11-6-13-4-2-3-5-16(13)20(17)22-18(24)12-19(23)25/h2-11,21H,12H2,1H3,(H,22,24). The Bertz CT molecular complexity index is 980. The zero-order valence-electron chi connectivity index (χ0n) is 13.7. The molecule has 3 aromatic carbocycles. The molecule has 5 heteroatoms. The number of anilines is 4. The van der Waals surface area contributed by atoms with Crippen molar-refractivity contribution in [2.45, 2.75) is 6.42 Å². The van der Waals surface area contributed by atoms with Gasteiger partial charge in [0.05, 0.1) is 11.4 Å². The van der Waals surface area contributed by atoms with Gasteiger partial charge in [0.2, 0.25) is 11.8 Å². The number of rotatable bonds is 2. The van der Waals surface area contributed by atoms with Crippen LogP contribution in [0.25, 0.3) is 10.8 Å². The summed E-state index contributed by atoms with van der Waals surface area (Å²) in [6, 6.07) is 19.2. The zero-order valence-corrected chi connectivity index (χ0v) is 13.7. The topological polar surface area (TPSA) is 61.4 Å². The fraction of sp³-hybridized carbons (Fsp3) is 0.100. The quantitative estimate of drug-likeness (QED) is 0.700. The minimum atomic E-state index is -0.294. The maximum atomic E-state index is 12.7. The van der Waals surface area contributed by atoms with E-state index in [1.54, 1.807) is 4.90 Å². The average molecular weight is 331 g/mol. The molecule has 0 atom stereocenters. The fourth-order valence-corrected chi connectivity index (χ4v) is 3.17. The molecule has 5 nitrogen and oxygen atoms in total. The molecular weight excluding hydrogens is 314 g/mol. The van der Waals surface area contributed by atoms with Gasteiger partial charge in [0.25, 0.3) is 0 Å². The summed E-state index contributed by atoms with van der Waals surface area (Å²) < 4.78 is 0. The molecular formula is C20H17N3O2. The third-order valence-electron chi connectivity index (χ3n) is 4.39. The number of hydrogen-bond acceptors (Lipinski definition) is 3. The number of carbonyl (C=O) groups excluding carboxylic acids is 2. The molecule has 0 aromatic heterocycles. The summed E-state index contributed by atoms with van der Waals surface area (Å²) in [6.45, 7) is 0. The van der Waals surface area contributed by atoms with Crippen LogP contribution in [0.4, 0.5) is 22.7 Å². The van der Waals surface area contributed by atoms with E-state index < -0.39 is 0 Å². The number of amides is 2. The van der Waals surface area contributed by atoms with Crippen LogP contribution < -0.4 is 15.5 Å². The lowest BCUT2D eigenvalue weighted by molar-refractivity contribution is -0.124. The molecule has 1 heterocycles. The third-order valence-corrected chi connectivity index (χ3v) is 4.39. The number of nitrogens with zero attached hydrogens (tertiary/aromatic N) is 1. The van der Waals surface area contributed by atoms with Crippen LogP contribution in [-0.2, 0) is 9.59 Å². The Kier molecular flexibility index (Phi) is 3.61. The van der Waals surface area contributed by atoms with Gasteiger partial charge in [0.15, 0.2) is 0 Å². The van der Waals surface area contributed by atoms with E-state index in [9.17, 15) is 9.59 Å². The van der Waals surface area contributed by atoms with Gasteiger partial charge in [-0.15, -0.1) is 0 Å². The van der Waals surface area contributed by atoms with Crippen LogP contribution >= 0.6 is 0 Å². The van der Waals surface area contributed by atoms with Crippen molar-refractivity contribution < 1.29 is 9.59 Å². The van der Waals surface area contributed by atoms with Crippen molar-refractivity contribution in [1.82, 2.24) is 0 Å². The summed E-state index contributed by atoms with van der Waals surface area (Å²) in [5, 5.41) is 7.90. The van der Waals surface area contributed by atoms with Crippen molar-refractivity contribution in [2.24, 2.45) is 0 Å². The number of hydrogen-bond donors (Lipinski definition) is 2. The lowest BCUT2D eigenvalue weighted by atomic mass is 10.1. The predicted octanol–water partition coefficient (Wildman–Crippen LogP) is 3.89. The highest BCUT2D eigenvalue weighted by Crippen LogP contribution is 2.40. The summed E-state index contributed by atoms with van der Waals surface area (Å²) in [5.74, 6) is -0.541. The third kappa shape index (κ3) is 2.59. The normalized spacial score (nSPS) is 14.0. The van der Waals surface area contributed by atoms with E-state index in [0.29, 0.717) is 11.4 Å². The van der Waals surface area contributed by atoms with Crippen molar-refractivity contribution in [3.63, 3.8) is 0 Å². The second-order valence-electron chi connectivity index (χ2n) is 5.93. The molecule has 0 aliphatic carbocycles. The van der Waals surface area contributed by atoms with Crippen LogP contribution in [0.2, 0.25) is 0 Å². The SMILES string of the molecule is CNc1ccc(N2C(=O)CC(=O)Nc3c2ccc2ccccc32)cc1. The molecule has 4 rings (SSSR count). The van der Waals surface area contributed by atoms with Gasteiger partial charge in [0.1, 0.15) is 6.42 Å². The highest BCUT2D eigenvalue weighted by Gasteiger charge is 2.28. The Morgan fingerprint density at radius 2 is 1.72 bits per heavy atom. The van der Waals surface area contributed by atoms with Crippen LogP contribution in [-0.4, -0.2) is 18.9 Å². The van der Waals surface area contributed by atoms with E-state index in [2.05, 4.69) is 10.6 Å². The molecule has 3 aromatic rings. The number of fused-ring (bicyclic) bond motifs is 3. The Balaban J connectivity index is 1.94. The van der Waals surface area contributed by atoms with Gasteiger partial charge in [-0.2, -0.15) is 0 Å². The van der Waals surface area contributed by atoms with Crippen LogP contribution in [0.1, 0.15) is 6.42 Å². The van der Waals surface area contributed by atoms with Gasteiger partial charge in [-0.05, 0) is 35.7 Å². The lowest BCUT2D eigenvalue weighted by Gasteiger charge is -2.23. The molecule has 124 valence electrons. The number of benzene rings is 3. The summed E-state index contributed by atoms with van der Waals surface area (Å²) in [4.78, 5) is 26.5. The van der Waals surface area contributed by atoms with Crippen molar-refractivity contribution >= 4 is 45.3 Å². The van der Waals surface area contributed by atoms with E-state index in [1.165, 1.54) is 0 Å². The maximum Gasteiger partial charge on any atom is 0.241 e. The van der Waals surface area contributed by atoms with Gasteiger partial charge in [-0.25, -0.2) is 0 Å². The second-order valence-corrected chi connectivity index (χ2v) is 5.93. The van der Waals surface area contributed by atoms with Gasteiger partial charge >= 0.3 is 0 Å². The highest BCUT2D eigenvalue weighted by molar-refractivity contribution is 6.21. The van der Waals surface area contributed by atoms with E-state index >= 15 is 0 Å². The van der Waals surface area contributed by atoms with Crippen LogP contribution in [0.3, 0.4) is 0 Å². The zero-order chi connectivity index (χ0) is 17.4. The van der Waals surface area contributed by atoms with E-state index in [4.69, 9.17) is 0 Å². The first kappa shape index (κ1) is 15.2. The number of nitrogens with one attached hydrogen (secondary N) is 2. The van der Waals surface area contributed by atoms with Crippen molar-refractivity contribution in [3.8, 4) is 0 Å². The molecule has 1 aliphatic rings. The molecule has 0 bridgehead atoms. The smallest absolute Gasteiger partial charge is 0.241 e. The summed E-state index contributed by atoms with van der Waals surface area (Å²) in [6.07, 6.45) is -0.184. The van der Waals surface area contributed by atoms with Crippen LogP contribution in [0, 0.1) is 0 Å². The average Bonchev–Trinajstić information content (AvgIpc) is 2.76. The molecule has 0 spiro atoms. The summed E-state index contributed by atoms with van der Waals surface area (Å²) >= 11 is 0. The fourth-order valence-electron chi connectivity index (χ4n) is 3.17. The molecule has 0 unspecified atom stereocenters. The lowest BCUT2D eigenvalue weighted by Crippen LogP contribution is -2.26. The molecule has 0 saturated heterocycles. The minimum Gasteiger partial charge on any atom is -0.388 e. The first-order valence-corrected chi connectivity index (χ1v) is 8.10. The van der Waals surface area contributed by atoms with Crippen LogP contribution in [0.15, 0.2) is 60.7 Å². The van der Waals surface area contributed by atoms with Crippen molar-refractivity contribution in [3.05, 3.63) is 60.7 Å². The molecule has 0 fully saturated rings. The highest BCUT2D eigenvalue weighted by atomic mass is 16.2. The maximum absolute atomic E-state index is 12.7. The Labute approximate surface area is 145 Å². The molecule has 0 saturated carbocycles. The molecule has 2 N–H and O–H groups in total. The van der Waals surface area contributed by atoms with Gasteiger partial charge in [-0.1, -0.05) is 30.3 Å². The summed E-state index contributed by atoms with van der Waals surface area (Å²) in [5.41, 5.74) is 3.05. The largest absolute Gasteiger partial charge is 0.388 e. The molecule has 2 amide bonds. The van der Waals surface area contributed by atoms with E-state index in [-0.39, 0.29) is 18.2 Å². The van der Waals surface area contributed by atoms with Crippen molar-refractivity contribution in [1.29, 1.82) is 0 Å². The monoisotopic (exact) mass is 331 g/mol. The van der Waals surface area contributed by atoms with Crippen LogP contribution in [0.5, 0.6) is 0 Å². The van der Waals surface area contributed by atoms with Gasteiger partial charge < -0.3 is 10.6 Å². The minimum absolute atomic E-state index is 0.184. The molecule has 25 heavy (non-hydrogen) atoms. The second kappa shape index (κ2) is 5.94. The van der Waals surface area contributed by atoms with Gasteiger partial charge in [-0.3, -0.25) is 14.5 Å².